The lowest BCUT2D eigenvalue weighted by molar-refractivity contribution is -0.119. The summed E-state index contributed by atoms with van der Waals surface area (Å²) in [7, 11) is 0. The number of amides is 1. The summed E-state index contributed by atoms with van der Waals surface area (Å²) in [4.78, 5) is 13.3. The van der Waals surface area contributed by atoms with Crippen molar-refractivity contribution in [3.8, 4) is 0 Å². The van der Waals surface area contributed by atoms with Crippen molar-refractivity contribution in [3.05, 3.63) is 29.8 Å². The minimum absolute atomic E-state index is 0.0563. The van der Waals surface area contributed by atoms with Crippen LogP contribution in [0.5, 0.6) is 0 Å². The van der Waals surface area contributed by atoms with Gasteiger partial charge in [-0.25, -0.2) is 0 Å². The second-order valence-electron chi connectivity index (χ2n) is 4.67. The Morgan fingerprint density at radius 1 is 1.59 bits per heavy atom. The van der Waals surface area contributed by atoms with Gasteiger partial charge in [0.15, 0.2) is 0 Å². The number of likely N-dealkylation sites (tertiary alicyclic amines) is 1. The van der Waals surface area contributed by atoms with Gasteiger partial charge in [-0.1, -0.05) is 12.1 Å². The Kier molecular flexibility index (Phi) is 3.64. The van der Waals surface area contributed by atoms with E-state index in [1.165, 1.54) is 5.56 Å². The number of rotatable bonds is 3. The highest BCUT2D eigenvalue weighted by atomic mass is 16.1. The molecule has 1 atom stereocenters. The van der Waals surface area contributed by atoms with Crippen LogP contribution < -0.4 is 11.1 Å². The van der Waals surface area contributed by atoms with E-state index in [4.69, 9.17) is 5.73 Å². The molecule has 0 radical (unpaired) electrons. The molecule has 1 aliphatic rings. The molecular formula is C13H19N3O. The molecule has 1 amide bonds. The van der Waals surface area contributed by atoms with E-state index in [2.05, 4.69) is 16.3 Å². The topological polar surface area (TPSA) is 58.4 Å². The Hall–Kier alpha value is -1.55. The molecule has 92 valence electrons. The third-order valence-corrected chi connectivity index (χ3v) is 3.04. The van der Waals surface area contributed by atoms with Crippen LogP contribution >= 0.6 is 0 Å². The van der Waals surface area contributed by atoms with Crippen molar-refractivity contribution in [2.24, 2.45) is 0 Å². The average Bonchev–Trinajstić information content (AvgIpc) is 2.64. The molecule has 1 aliphatic heterocycles. The van der Waals surface area contributed by atoms with Crippen molar-refractivity contribution in [1.29, 1.82) is 0 Å². The molecule has 0 saturated carbocycles. The number of carbonyl (C=O) groups excluding carboxylic acids is 1. The van der Waals surface area contributed by atoms with Crippen molar-refractivity contribution in [1.82, 2.24) is 10.2 Å². The Morgan fingerprint density at radius 2 is 2.41 bits per heavy atom. The summed E-state index contributed by atoms with van der Waals surface area (Å²) in [6.07, 6.45) is 1.03. The molecule has 0 bridgehead atoms. The number of nitrogen functional groups attached to an aromatic ring is 1. The third-order valence-electron chi connectivity index (χ3n) is 3.04. The van der Waals surface area contributed by atoms with Gasteiger partial charge in [-0.3, -0.25) is 9.69 Å². The molecule has 0 spiro atoms. The van der Waals surface area contributed by atoms with Crippen LogP contribution in [0.3, 0.4) is 0 Å². The fourth-order valence-electron chi connectivity index (χ4n) is 2.33. The molecule has 1 saturated heterocycles. The molecule has 0 aliphatic carbocycles. The highest BCUT2D eigenvalue weighted by molar-refractivity contribution is 5.73. The number of nitrogens with two attached hydrogens (primary N) is 1. The summed E-state index contributed by atoms with van der Waals surface area (Å²) < 4.78 is 0. The van der Waals surface area contributed by atoms with Crippen molar-refractivity contribution >= 4 is 11.6 Å². The number of benzene rings is 1. The van der Waals surface area contributed by atoms with Crippen LogP contribution in [-0.2, 0) is 11.3 Å². The smallest absolute Gasteiger partial charge is 0.217 e. The lowest BCUT2D eigenvalue weighted by Gasteiger charge is -2.16. The number of carbonyl (C=O) groups is 1. The van der Waals surface area contributed by atoms with Gasteiger partial charge in [-0.2, -0.15) is 0 Å². The Balaban J connectivity index is 1.87. The highest BCUT2D eigenvalue weighted by Crippen LogP contribution is 2.15. The molecule has 4 heteroatoms. The molecule has 1 heterocycles. The number of nitrogens with zero attached hydrogens (tertiary/aromatic N) is 1. The van der Waals surface area contributed by atoms with Crippen LogP contribution in [0.15, 0.2) is 24.3 Å². The van der Waals surface area contributed by atoms with Crippen molar-refractivity contribution in [2.45, 2.75) is 25.9 Å². The maximum atomic E-state index is 11.0. The molecule has 17 heavy (non-hydrogen) atoms. The number of hydrogen-bond donors (Lipinski definition) is 2. The predicted octanol–water partition coefficient (Wildman–Crippen LogP) is 0.979. The quantitative estimate of drug-likeness (QED) is 0.765. The van der Waals surface area contributed by atoms with E-state index in [0.717, 1.165) is 31.7 Å². The van der Waals surface area contributed by atoms with Crippen molar-refractivity contribution < 1.29 is 4.79 Å². The van der Waals surface area contributed by atoms with Crippen LogP contribution in [0.2, 0.25) is 0 Å². The number of nitrogens with one attached hydrogen (secondary N) is 1. The molecule has 1 unspecified atom stereocenters. The molecule has 1 aromatic rings. The summed E-state index contributed by atoms with van der Waals surface area (Å²) in [6.45, 7) is 4.43. The zero-order valence-electron chi connectivity index (χ0n) is 10.1. The lowest BCUT2D eigenvalue weighted by Crippen LogP contribution is -2.35. The second kappa shape index (κ2) is 5.19. The van der Waals surface area contributed by atoms with Crippen LogP contribution in [0, 0.1) is 0 Å². The Morgan fingerprint density at radius 3 is 3.12 bits per heavy atom. The van der Waals surface area contributed by atoms with Gasteiger partial charge in [0.05, 0.1) is 0 Å². The predicted molar refractivity (Wildman–Crippen MR) is 68.4 cm³/mol. The average molecular weight is 233 g/mol. The second-order valence-corrected chi connectivity index (χ2v) is 4.67. The maximum Gasteiger partial charge on any atom is 0.217 e. The summed E-state index contributed by atoms with van der Waals surface area (Å²) in [5.41, 5.74) is 7.79. The zero-order chi connectivity index (χ0) is 12.3. The van der Waals surface area contributed by atoms with Crippen molar-refractivity contribution in [2.75, 3.05) is 18.8 Å². The normalized spacial score (nSPS) is 20.4. The summed E-state index contributed by atoms with van der Waals surface area (Å²) in [5.74, 6) is 0.0563. The van der Waals surface area contributed by atoms with Gasteiger partial charge < -0.3 is 11.1 Å². The van der Waals surface area contributed by atoms with E-state index >= 15 is 0 Å². The van der Waals surface area contributed by atoms with Gasteiger partial charge in [0.1, 0.15) is 0 Å². The van der Waals surface area contributed by atoms with E-state index in [1.807, 2.05) is 18.2 Å². The van der Waals surface area contributed by atoms with E-state index in [-0.39, 0.29) is 5.91 Å². The molecule has 1 aromatic carbocycles. The Labute approximate surface area is 102 Å². The van der Waals surface area contributed by atoms with Gasteiger partial charge >= 0.3 is 0 Å². The van der Waals surface area contributed by atoms with Gasteiger partial charge in [0, 0.05) is 38.3 Å². The minimum Gasteiger partial charge on any atom is -0.399 e. The van der Waals surface area contributed by atoms with Gasteiger partial charge in [0.25, 0.3) is 0 Å². The summed E-state index contributed by atoms with van der Waals surface area (Å²) >= 11 is 0. The monoisotopic (exact) mass is 233 g/mol. The number of anilines is 1. The van der Waals surface area contributed by atoms with Gasteiger partial charge in [-0.15, -0.1) is 0 Å². The standard InChI is InChI=1S/C13H19N3O/c1-10(17)15-13-5-6-16(9-13)8-11-3-2-4-12(14)7-11/h2-4,7,13H,5-6,8-9,14H2,1H3,(H,15,17). The Bertz CT molecular complexity index is 405. The van der Waals surface area contributed by atoms with Gasteiger partial charge in [0.2, 0.25) is 5.91 Å². The largest absolute Gasteiger partial charge is 0.399 e. The van der Waals surface area contributed by atoms with Gasteiger partial charge in [-0.05, 0) is 24.1 Å². The summed E-state index contributed by atoms with van der Waals surface area (Å²) in [5, 5.41) is 2.96. The SMILES string of the molecule is CC(=O)NC1CCN(Cc2cccc(N)c2)C1. The van der Waals surface area contributed by atoms with E-state index in [0.29, 0.717) is 6.04 Å². The van der Waals surface area contributed by atoms with Crippen molar-refractivity contribution in [3.63, 3.8) is 0 Å². The third kappa shape index (κ3) is 3.46. The number of hydrogen-bond acceptors (Lipinski definition) is 3. The zero-order valence-corrected chi connectivity index (χ0v) is 10.1. The first-order valence-electron chi connectivity index (χ1n) is 5.97. The maximum absolute atomic E-state index is 11.0. The highest BCUT2D eigenvalue weighted by Gasteiger charge is 2.22. The first-order chi connectivity index (χ1) is 8.13. The van der Waals surface area contributed by atoms with Crippen LogP contribution in [0.1, 0.15) is 18.9 Å². The molecule has 2 rings (SSSR count). The lowest BCUT2D eigenvalue weighted by atomic mass is 10.2. The first kappa shape index (κ1) is 11.9. The van der Waals surface area contributed by atoms with Crippen LogP contribution in [0.25, 0.3) is 0 Å². The molecular weight excluding hydrogens is 214 g/mol. The summed E-state index contributed by atoms with van der Waals surface area (Å²) in [6, 6.07) is 8.27. The fraction of sp³-hybridized carbons (Fsp3) is 0.462. The fourth-order valence-corrected chi connectivity index (χ4v) is 2.33. The molecule has 3 N–H and O–H groups in total. The molecule has 0 aromatic heterocycles. The van der Waals surface area contributed by atoms with Crippen LogP contribution in [-0.4, -0.2) is 29.9 Å². The molecule has 1 fully saturated rings. The van der Waals surface area contributed by atoms with E-state index in [9.17, 15) is 4.79 Å². The minimum atomic E-state index is 0.0563. The van der Waals surface area contributed by atoms with E-state index < -0.39 is 0 Å². The molecule has 4 nitrogen and oxygen atoms in total. The first-order valence-corrected chi connectivity index (χ1v) is 5.97. The van der Waals surface area contributed by atoms with Crippen LogP contribution in [0.4, 0.5) is 5.69 Å². The van der Waals surface area contributed by atoms with E-state index in [1.54, 1.807) is 6.92 Å².